The molecule has 142 valence electrons. The van der Waals surface area contributed by atoms with Crippen LogP contribution in [0.15, 0.2) is 28.7 Å². The molecular formula is C16H16ClF3N2O4. The van der Waals surface area contributed by atoms with Crippen molar-refractivity contribution in [1.29, 1.82) is 0 Å². The van der Waals surface area contributed by atoms with Gasteiger partial charge in [-0.2, -0.15) is 13.2 Å². The number of hydrogen-bond donors (Lipinski definition) is 3. The van der Waals surface area contributed by atoms with Crippen LogP contribution >= 0.6 is 11.6 Å². The van der Waals surface area contributed by atoms with Gasteiger partial charge in [0.25, 0.3) is 5.91 Å². The minimum Gasteiger partial charge on any atom is -0.475 e. The van der Waals surface area contributed by atoms with Crippen molar-refractivity contribution in [2.24, 2.45) is 5.73 Å². The third kappa shape index (κ3) is 5.37. The highest BCUT2D eigenvalue weighted by Gasteiger charge is 2.38. The smallest absolute Gasteiger partial charge is 0.475 e. The van der Waals surface area contributed by atoms with Crippen LogP contribution in [0.2, 0.25) is 5.02 Å². The molecule has 2 atom stereocenters. The fourth-order valence-electron chi connectivity index (χ4n) is 2.53. The third-order valence-electron chi connectivity index (χ3n) is 3.75. The van der Waals surface area contributed by atoms with Crippen molar-refractivity contribution in [2.45, 2.75) is 37.5 Å². The highest BCUT2D eigenvalue weighted by molar-refractivity contribution is 6.31. The summed E-state index contributed by atoms with van der Waals surface area (Å²) in [6, 6.07) is 7.35. The first-order valence-electron chi connectivity index (χ1n) is 7.62. The monoisotopic (exact) mass is 392 g/mol. The number of halogens is 4. The average molecular weight is 393 g/mol. The second kappa shape index (κ2) is 7.96. The lowest BCUT2D eigenvalue weighted by atomic mass is 10.2. The molecule has 0 bridgehead atoms. The molecular weight excluding hydrogens is 377 g/mol. The zero-order valence-corrected chi connectivity index (χ0v) is 14.1. The van der Waals surface area contributed by atoms with Crippen LogP contribution in [0.3, 0.4) is 0 Å². The molecule has 26 heavy (non-hydrogen) atoms. The van der Waals surface area contributed by atoms with E-state index in [1.807, 2.05) is 0 Å². The molecule has 1 aromatic heterocycles. The van der Waals surface area contributed by atoms with Crippen LogP contribution in [-0.4, -0.2) is 35.2 Å². The van der Waals surface area contributed by atoms with Crippen LogP contribution in [0.1, 0.15) is 29.8 Å². The number of carboxylic acid groups (broad SMARTS) is 1. The number of fused-ring (bicyclic) bond motifs is 1. The number of carboxylic acids is 1. The van der Waals surface area contributed by atoms with Crippen molar-refractivity contribution in [3.8, 4) is 0 Å². The van der Waals surface area contributed by atoms with E-state index in [4.69, 9.17) is 31.7 Å². The van der Waals surface area contributed by atoms with Crippen LogP contribution in [0.4, 0.5) is 13.2 Å². The number of alkyl halides is 3. The maximum Gasteiger partial charge on any atom is 0.490 e. The Hall–Kier alpha value is -2.26. The van der Waals surface area contributed by atoms with Gasteiger partial charge in [0, 0.05) is 22.5 Å². The highest BCUT2D eigenvalue weighted by atomic mass is 35.5. The van der Waals surface area contributed by atoms with Gasteiger partial charge < -0.3 is 20.6 Å². The summed E-state index contributed by atoms with van der Waals surface area (Å²) in [5.41, 5.74) is 6.49. The minimum absolute atomic E-state index is 0.152. The maximum absolute atomic E-state index is 12.1. The summed E-state index contributed by atoms with van der Waals surface area (Å²) in [6.07, 6.45) is -2.36. The molecule has 1 heterocycles. The number of nitrogens with one attached hydrogen (secondary N) is 1. The summed E-state index contributed by atoms with van der Waals surface area (Å²) in [5.74, 6) is -2.63. The summed E-state index contributed by atoms with van der Waals surface area (Å²) in [4.78, 5) is 21.0. The number of benzene rings is 1. The fourth-order valence-corrected chi connectivity index (χ4v) is 2.71. The molecule has 1 fully saturated rings. The zero-order valence-electron chi connectivity index (χ0n) is 13.3. The van der Waals surface area contributed by atoms with E-state index in [1.54, 1.807) is 24.3 Å². The number of rotatable bonds is 2. The summed E-state index contributed by atoms with van der Waals surface area (Å²) in [7, 11) is 0. The topological polar surface area (TPSA) is 106 Å². The molecule has 0 aliphatic heterocycles. The Bertz CT molecular complexity index is 806. The molecule has 6 nitrogen and oxygen atoms in total. The third-order valence-corrected chi connectivity index (χ3v) is 3.99. The van der Waals surface area contributed by atoms with Crippen molar-refractivity contribution in [3.63, 3.8) is 0 Å². The second-order valence-electron chi connectivity index (χ2n) is 5.84. The summed E-state index contributed by atoms with van der Waals surface area (Å²) in [5, 5.41) is 11.5. The second-order valence-corrected chi connectivity index (χ2v) is 6.28. The summed E-state index contributed by atoms with van der Waals surface area (Å²) in [6.45, 7) is 0. The maximum atomic E-state index is 12.1. The molecule has 10 heteroatoms. The molecule has 0 saturated heterocycles. The first-order chi connectivity index (χ1) is 12.1. The van der Waals surface area contributed by atoms with Crippen molar-refractivity contribution < 1.29 is 32.3 Å². The number of hydrogen-bond acceptors (Lipinski definition) is 4. The van der Waals surface area contributed by atoms with Gasteiger partial charge in [-0.25, -0.2) is 4.79 Å². The fraction of sp³-hybridized carbons (Fsp3) is 0.375. The molecule has 1 aromatic carbocycles. The van der Waals surface area contributed by atoms with Gasteiger partial charge in [-0.15, -0.1) is 0 Å². The largest absolute Gasteiger partial charge is 0.490 e. The van der Waals surface area contributed by atoms with Crippen LogP contribution in [0.25, 0.3) is 11.0 Å². The van der Waals surface area contributed by atoms with Crippen LogP contribution in [-0.2, 0) is 4.79 Å². The van der Waals surface area contributed by atoms with Crippen molar-refractivity contribution in [1.82, 2.24) is 5.32 Å². The Morgan fingerprint density at radius 2 is 1.92 bits per heavy atom. The van der Waals surface area contributed by atoms with Gasteiger partial charge in [0.1, 0.15) is 5.58 Å². The zero-order chi connectivity index (χ0) is 19.5. The Labute approximate surface area is 151 Å². The van der Waals surface area contributed by atoms with E-state index in [0.29, 0.717) is 16.4 Å². The van der Waals surface area contributed by atoms with Crippen LogP contribution < -0.4 is 11.1 Å². The highest BCUT2D eigenvalue weighted by Crippen LogP contribution is 2.24. The Kier molecular flexibility index (Phi) is 6.14. The molecule has 1 aliphatic carbocycles. The SMILES string of the molecule is NC1CCC(NC(=O)c2cc3cc(Cl)ccc3o2)C1.O=C(O)C(F)(F)F. The molecule has 1 saturated carbocycles. The van der Waals surface area contributed by atoms with Gasteiger partial charge >= 0.3 is 12.1 Å². The molecule has 1 aliphatic rings. The normalized spacial score (nSPS) is 19.7. The molecule has 4 N–H and O–H groups in total. The molecule has 0 spiro atoms. The average Bonchev–Trinajstić information content (AvgIpc) is 3.12. The number of nitrogens with two attached hydrogens (primary N) is 1. The van der Waals surface area contributed by atoms with E-state index in [9.17, 15) is 18.0 Å². The van der Waals surface area contributed by atoms with E-state index in [2.05, 4.69) is 5.32 Å². The van der Waals surface area contributed by atoms with Gasteiger partial charge in [-0.05, 0) is 43.5 Å². The van der Waals surface area contributed by atoms with Gasteiger partial charge in [0.15, 0.2) is 5.76 Å². The van der Waals surface area contributed by atoms with Crippen molar-refractivity contribution in [2.75, 3.05) is 0 Å². The summed E-state index contributed by atoms with van der Waals surface area (Å²) < 4.78 is 37.3. The number of aliphatic carboxylic acids is 1. The first kappa shape index (κ1) is 20.1. The van der Waals surface area contributed by atoms with E-state index in [-0.39, 0.29) is 18.0 Å². The molecule has 0 radical (unpaired) electrons. The van der Waals surface area contributed by atoms with Gasteiger partial charge in [0.05, 0.1) is 0 Å². The van der Waals surface area contributed by atoms with Crippen molar-refractivity contribution >= 4 is 34.4 Å². The van der Waals surface area contributed by atoms with Gasteiger partial charge in [-0.1, -0.05) is 11.6 Å². The molecule has 1 amide bonds. The van der Waals surface area contributed by atoms with Crippen molar-refractivity contribution in [3.05, 3.63) is 35.0 Å². The van der Waals surface area contributed by atoms with E-state index < -0.39 is 12.1 Å². The first-order valence-corrected chi connectivity index (χ1v) is 7.99. The Morgan fingerprint density at radius 1 is 1.27 bits per heavy atom. The van der Waals surface area contributed by atoms with Gasteiger partial charge in [-0.3, -0.25) is 4.79 Å². The van der Waals surface area contributed by atoms with E-state index >= 15 is 0 Å². The lowest BCUT2D eigenvalue weighted by Crippen LogP contribution is -2.33. The van der Waals surface area contributed by atoms with Crippen LogP contribution in [0, 0.1) is 0 Å². The van der Waals surface area contributed by atoms with E-state index in [1.165, 1.54) is 0 Å². The Balaban J connectivity index is 0.000000298. The molecule has 2 aromatic rings. The lowest BCUT2D eigenvalue weighted by Gasteiger charge is -2.10. The predicted octanol–water partition coefficient (Wildman–Crippen LogP) is 3.33. The van der Waals surface area contributed by atoms with Crippen LogP contribution in [0.5, 0.6) is 0 Å². The standard InChI is InChI=1S/C14H15ClN2O2.C2HF3O2/c15-9-1-4-12-8(5-9)6-13(19-12)14(18)17-11-3-2-10(16)7-11;3-2(4,5)1(6)7/h1,4-6,10-11H,2-3,7,16H2,(H,17,18);(H,6,7). The number of amides is 1. The number of carbonyl (C=O) groups excluding carboxylic acids is 1. The minimum atomic E-state index is -5.08. The Morgan fingerprint density at radius 3 is 2.46 bits per heavy atom. The molecule has 2 unspecified atom stereocenters. The van der Waals surface area contributed by atoms with E-state index in [0.717, 1.165) is 24.6 Å². The summed E-state index contributed by atoms with van der Waals surface area (Å²) >= 11 is 5.90. The number of furan rings is 1. The quantitative estimate of drug-likeness (QED) is 0.727. The lowest BCUT2D eigenvalue weighted by molar-refractivity contribution is -0.192. The number of carbonyl (C=O) groups is 2. The molecule has 3 rings (SSSR count). The predicted molar refractivity (Wildman–Crippen MR) is 88.0 cm³/mol. The van der Waals surface area contributed by atoms with Gasteiger partial charge in [0.2, 0.25) is 0 Å².